The zero-order chi connectivity index (χ0) is 14.4. The molecule has 0 atom stereocenters. The minimum Gasteiger partial charge on any atom is -0.459 e. The third kappa shape index (κ3) is 4.23. The molecule has 0 aromatic heterocycles. The highest BCUT2D eigenvalue weighted by Crippen LogP contribution is 2.26. The second-order valence-electron chi connectivity index (χ2n) is 5.51. The van der Waals surface area contributed by atoms with E-state index in [0.29, 0.717) is 12.1 Å². The quantitative estimate of drug-likeness (QED) is 0.813. The minimum absolute atomic E-state index is 0.0749. The lowest BCUT2D eigenvalue weighted by atomic mass is 9.89. The number of anilines is 1. The number of ether oxygens (including phenoxy) is 1. The fourth-order valence-corrected chi connectivity index (χ4v) is 2.49. The molecule has 0 saturated heterocycles. The lowest BCUT2D eigenvalue weighted by molar-refractivity contribution is 0.0174. The van der Waals surface area contributed by atoms with Crippen molar-refractivity contribution < 1.29 is 14.6 Å². The summed E-state index contributed by atoms with van der Waals surface area (Å²) in [6.45, 7) is 2.84. The monoisotopic (exact) mass is 277 g/mol. The summed E-state index contributed by atoms with van der Waals surface area (Å²) >= 11 is 0. The molecule has 0 aliphatic heterocycles. The van der Waals surface area contributed by atoms with Gasteiger partial charge in [0, 0.05) is 12.2 Å². The molecule has 0 amide bonds. The zero-order valence-electron chi connectivity index (χ0n) is 12.0. The van der Waals surface area contributed by atoms with Gasteiger partial charge in [-0.3, -0.25) is 0 Å². The van der Waals surface area contributed by atoms with E-state index >= 15 is 0 Å². The van der Waals surface area contributed by atoms with Crippen LogP contribution in [0.25, 0.3) is 0 Å². The van der Waals surface area contributed by atoms with Crippen molar-refractivity contribution in [2.24, 2.45) is 5.92 Å². The minimum atomic E-state index is -0.238. The van der Waals surface area contributed by atoms with Crippen LogP contribution in [-0.4, -0.2) is 30.3 Å². The standard InChI is InChI=1S/C16H23NO3/c1-12-2-8-15(9-3-12)20-16(19)13-4-6-14(7-5-13)17-10-11-18/h4-7,12,15,17-18H,2-3,8-11H2,1H3. The van der Waals surface area contributed by atoms with E-state index in [-0.39, 0.29) is 18.7 Å². The molecule has 0 radical (unpaired) electrons. The van der Waals surface area contributed by atoms with Gasteiger partial charge in [-0.25, -0.2) is 4.79 Å². The predicted octanol–water partition coefficient (Wildman–Crippen LogP) is 2.83. The van der Waals surface area contributed by atoms with Crippen LogP contribution in [0.1, 0.15) is 43.0 Å². The van der Waals surface area contributed by atoms with Crippen molar-refractivity contribution in [3.05, 3.63) is 29.8 Å². The van der Waals surface area contributed by atoms with Gasteiger partial charge in [-0.05, 0) is 55.9 Å². The average molecular weight is 277 g/mol. The maximum Gasteiger partial charge on any atom is 0.338 e. The molecule has 1 aliphatic rings. The average Bonchev–Trinajstić information content (AvgIpc) is 2.48. The number of nitrogens with one attached hydrogen (secondary N) is 1. The second kappa shape index (κ2) is 7.29. The number of carbonyl (C=O) groups excluding carboxylic acids is 1. The highest BCUT2D eigenvalue weighted by atomic mass is 16.5. The number of aliphatic hydroxyl groups is 1. The van der Waals surface area contributed by atoms with Crippen LogP contribution in [-0.2, 0) is 4.74 Å². The number of benzene rings is 1. The molecule has 1 saturated carbocycles. The van der Waals surface area contributed by atoms with Gasteiger partial charge in [0.15, 0.2) is 0 Å². The lowest BCUT2D eigenvalue weighted by Crippen LogP contribution is -2.23. The Hall–Kier alpha value is -1.55. The molecular formula is C16H23NO3. The summed E-state index contributed by atoms with van der Waals surface area (Å²) in [5, 5.41) is 11.8. The highest BCUT2D eigenvalue weighted by molar-refractivity contribution is 5.89. The molecule has 1 aromatic carbocycles. The van der Waals surface area contributed by atoms with Gasteiger partial charge >= 0.3 is 5.97 Å². The van der Waals surface area contributed by atoms with Crippen LogP contribution in [0.5, 0.6) is 0 Å². The van der Waals surface area contributed by atoms with Gasteiger partial charge in [-0.1, -0.05) is 6.92 Å². The van der Waals surface area contributed by atoms with Crippen LogP contribution in [0.2, 0.25) is 0 Å². The maximum atomic E-state index is 12.0. The first-order chi connectivity index (χ1) is 9.69. The number of hydrogen-bond donors (Lipinski definition) is 2. The molecule has 1 aromatic rings. The molecule has 2 rings (SSSR count). The van der Waals surface area contributed by atoms with Crippen LogP contribution in [0.15, 0.2) is 24.3 Å². The van der Waals surface area contributed by atoms with Crippen LogP contribution >= 0.6 is 0 Å². The molecule has 0 unspecified atom stereocenters. The Morgan fingerprint density at radius 1 is 1.25 bits per heavy atom. The SMILES string of the molecule is CC1CCC(OC(=O)c2ccc(NCCO)cc2)CC1. The van der Waals surface area contributed by atoms with E-state index in [2.05, 4.69) is 12.2 Å². The Morgan fingerprint density at radius 2 is 1.90 bits per heavy atom. The summed E-state index contributed by atoms with van der Waals surface area (Å²) < 4.78 is 5.55. The molecule has 4 heteroatoms. The summed E-state index contributed by atoms with van der Waals surface area (Å²) in [5.74, 6) is 0.514. The van der Waals surface area contributed by atoms with E-state index in [1.54, 1.807) is 12.1 Å². The first kappa shape index (κ1) is 14.9. The van der Waals surface area contributed by atoms with Crippen LogP contribution in [0.4, 0.5) is 5.69 Å². The molecule has 2 N–H and O–H groups in total. The van der Waals surface area contributed by atoms with E-state index in [4.69, 9.17) is 9.84 Å². The molecule has 110 valence electrons. The van der Waals surface area contributed by atoms with Crippen molar-refractivity contribution in [1.82, 2.24) is 0 Å². The Bertz CT molecular complexity index is 422. The summed E-state index contributed by atoms with van der Waals surface area (Å²) in [7, 11) is 0. The number of aliphatic hydroxyl groups excluding tert-OH is 1. The molecule has 0 heterocycles. The topological polar surface area (TPSA) is 58.6 Å². The largest absolute Gasteiger partial charge is 0.459 e. The van der Waals surface area contributed by atoms with Gasteiger partial charge < -0.3 is 15.2 Å². The molecule has 0 bridgehead atoms. The smallest absolute Gasteiger partial charge is 0.338 e. The van der Waals surface area contributed by atoms with Gasteiger partial charge in [0.05, 0.1) is 12.2 Å². The predicted molar refractivity (Wildman–Crippen MR) is 78.9 cm³/mol. The van der Waals surface area contributed by atoms with Gasteiger partial charge in [-0.2, -0.15) is 0 Å². The normalized spacial score (nSPS) is 22.3. The van der Waals surface area contributed by atoms with E-state index in [1.165, 1.54) is 0 Å². The van der Waals surface area contributed by atoms with Crippen molar-refractivity contribution in [3.8, 4) is 0 Å². The number of hydrogen-bond acceptors (Lipinski definition) is 4. The van der Waals surface area contributed by atoms with Crippen LogP contribution in [0.3, 0.4) is 0 Å². The molecule has 1 aliphatic carbocycles. The summed E-state index contributed by atoms with van der Waals surface area (Å²) in [6.07, 6.45) is 4.31. The fraction of sp³-hybridized carbons (Fsp3) is 0.562. The van der Waals surface area contributed by atoms with Crippen molar-refractivity contribution >= 4 is 11.7 Å². The van der Waals surface area contributed by atoms with Crippen molar-refractivity contribution in [1.29, 1.82) is 0 Å². The van der Waals surface area contributed by atoms with Crippen molar-refractivity contribution in [3.63, 3.8) is 0 Å². The molecule has 4 nitrogen and oxygen atoms in total. The molecular weight excluding hydrogens is 254 g/mol. The Labute approximate surface area is 120 Å². The maximum absolute atomic E-state index is 12.0. The first-order valence-corrected chi connectivity index (χ1v) is 7.35. The van der Waals surface area contributed by atoms with Gasteiger partial charge in [-0.15, -0.1) is 0 Å². The summed E-state index contributed by atoms with van der Waals surface area (Å²) in [5.41, 5.74) is 1.47. The Kier molecular flexibility index (Phi) is 5.41. The van der Waals surface area contributed by atoms with E-state index < -0.39 is 0 Å². The summed E-state index contributed by atoms with van der Waals surface area (Å²) in [4.78, 5) is 12.0. The van der Waals surface area contributed by atoms with Crippen molar-refractivity contribution in [2.75, 3.05) is 18.5 Å². The number of rotatable bonds is 5. The summed E-state index contributed by atoms with van der Waals surface area (Å²) in [6, 6.07) is 7.17. The number of esters is 1. The third-order valence-corrected chi connectivity index (χ3v) is 3.80. The van der Waals surface area contributed by atoms with Crippen LogP contribution < -0.4 is 5.32 Å². The number of carbonyl (C=O) groups is 1. The second-order valence-corrected chi connectivity index (χ2v) is 5.51. The van der Waals surface area contributed by atoms with Gasteiger partial charge in [0.25, 0.3) is 0 Å². The van der Waals surface area contributed by atoms with E-state index in [9.17, 15) is 4.79 Å². The highest BCUT2D eigenvalue weighted by Gasteiger charge is 2.21. The van der Waals surface area contributed by atoms with Gasteiger partial charge in [0.1, 0.15) is 6.10 Å². The molecule has 1 fully saturated rings. The fourth-order valence-electron chi connectivity index (χ4n) is 2.49. The lowest BCUT2D eigenvalue weighted by Gasteiger charge is -2.26. The molecule has 0 spiro atoms. The first-order valence-electron chi connectivity index (χ1n) is 7.35. The Balaban J connectivity index is 1.85. The Morgan fingerprint density at radius 3 is 2.50 bits per heavy atom. The van der Waals surface area contributed by atoms with Gasteiger partial charge in [0.2, 0.25) is 0 Å². The van der Waals surface area contributed by atoms with Crippen molar-refractivity contribution in [2.45, 2.75) is 38.7 Å². The van der Waals surface area contributed by atoms with Crippen LogP contribution in [0, 0.1) is 5.92 Å². The molecule has 20 heavy (non-hydrogen) atoms. The zero-order valence-corrected chi connectivity index (χ0v) is 12.0. The van der Waals surface area contributed by atoms with E-state index in [0.717, 1.165) is 37.3 Å². The third-order valence-electron chi connectivity index (χ3n) is 3.80. The van der Waals surface area contributed by atoms with E-state index in [1.807, 2.05) is 12.1 Å².